The van der Waals surface area contributed by atoms with Gasteiger partial charge in [-0.15, -0.1) is 0 Å². The zero-order valence-electron chi connectivity index (χ0n) is 14.0. The van der Waals surface area contributed by atoms with E-state index in [0.717, 1.165) is 0 Å². The largest absolute Gasteiger partial charge is 0.489 e. The highest BCUT2D eigenvalue weighted by Gasteiger charge is 2.26. The molecule has 0 saturated heterocycles. The Kier molecular flexibility index (Phi) is 4.73. The Morgan fingerprint density at radius 1 is 1.36 bits per heavy atom. The second kappa shape index (κ2) is 6.81. The fraction of sp³-hybridized carbons (Fsp3) is 0.294. The van der Waals surface area contributed by atoms with Crippen LogP contribution in [0.3, 0.4) is 0 Å². The third-order valence-electron chi connectivity index (χ3n) is 3.96. The van der Waals surface area contributed by atoms with Gasteiger partial charge in [-0.05, 0) is 30.7 Å². The molecule has 8 heteroatoms. The van der Waals surface area contributed by atoms with Gasteiger partial charge in [-0.3, -0.25) is 9.78 Å². The Morgan fingerprint density at radius 3 is 2.84 bits per heavy atom. The lowest BCUT2D eigenvalue weighted by atomic mass is 10.1. The molecule has 0 bridgehead atoms. The minimum absolute atomic E-state index is 0.0973. The van der Waals surface area contributed by atoms with Gasteiger partial charge in [0.2, 0.25) is 15.9 Å². The molecule has 132 valence electrons. The zero-order valence-corrected chi connectivity index (χ0v) is 14.8. The van der Waals surface area contributed by atoms with Crippen LogP contribution in [0.2, 0.25) is 0 Å². The number of sulfonamides is 1. The molecule has 0 aliphatic carbocycles. The van der Waals surface area contributed by atoms with Gasteiger partial charge in [0.1, 0.15) is 12.4 Å². The molecule has 1 aliphatic heterocycles. The lowest BCUT2D eigenvalue weighted by Crippen LogP contribution is -2.36. The van der Waals surface area contributed by atoms with Crippen LogP contribution in [0.25, 0.3) is 0 Å². The SMILES string of the molecule is CC(=O)N1CCOc2cc(S(=O)(=O)NCc3ccccn3)c(C)cc21. The average Bonchev–Trinajstić information content (AvgIpc) is 2.59. The summed E-state index contributed by atoms with van der Waals surface area (Å²) in [6.45, 7) is 4.05. The maximum atomic E-state index is 12.7. The lowest BCUT2D eigenvalue weighted by Gasteiger charge is -2.29. The van der Waals surface area contributed by atoms with Crippen molar-refractivity contribution in [2.24, 2.45) is 0 Å². The highest BCUT2D eigenvalue weighted by atomic mass is 32.2. The van der Waals surface area contributed by atoms with Crippen molar-refractivity contribution in [3.8, 4) is 5.75 Å². The van der Waals surface area contributed by atoms with E-state index < -0.39 is 10.0 Å². The number of nitrogens with one attached hydrogen (secondary N) is 1. The highest BCUT2D eigenvalue weighted by Crippen LogP contribution is 2.36. The van der Waals surface area contributed by atoms with Crippen LogP contribution in [0.1, 0.15) is 18.2 Å². The van der Waals surface area contributed by atoms with E-state index in [4.69, 9.17) is 4.74 Å². The molecule has 3 rings (SSSR count). The van der Waals surface area contributed by atoms with E-state index in [2.05, 4.69) is 9.71 Å². The molecule has 0 saturated carbocycles. The summed E-state index contributed by atoms with van der Waals surface area (Å²) in [5.74, 6) is 0.290. The first-order chi connectivity index (χ1) is 11.9. The molecule has 0 radical (unpaired) electrons. The van der Waals surface area contributed by atoms with E-state index in [1.165, 1.54) is 13.0 Å². The molecular weight excluding hydrogens is 342 g/mol. The van der Waals surface area contributed by atoms with E-state index in [1.807, 2.05) is 0 Å². The molecule has 25 heavy (non-hydrogen) atoms. The summed E-state index contributed by atoms with van der Waals surface area (Å²) in [5, 5.41) is 0. The molecular formula is C17H19N3O4S. The summed E-state index contributed by atoms with van der Waals surface area (Å²) in [6, 6.07) is 8.45. The van der Waals surface area contributed by atoms with Gasteiger partial charge in [-0.1, -0.05) is 6.07 Å². The minimum atomic E-state index is -3.73. The number of anilines is 1. The minimum Gasteiger partial charge on any atom is -0.489 e. The lowest BCUT2D eigenvalue weighted by molar-refractivity contribution is -0.116. The van der Waals surface area contributed by atoms with Crippen LogP contribution in [0, 0.1) is 6.92 Å². The number of benzene rings is 1. The predicted molar refractivity (Wildman–Crippen MR) is 93.0 cm³/mol. The fourth-order valence-electron chi connectivity index (χ4n) is 2.71. The van der Waals surface area contributed by atoms with Gasteiger partial charge in [0, 0.05) is 19.2 Å². The summed E-state index contributed by atoms with van der Waals surface area (Å²) in [4.78, 5) is 17.6. The Bertz CT molecular complexity index is 898. The Labute approximate surface area is 146 Å². The number of aromatic nitrogens is 1. The predicted octanol–water partition coefficient (Wildman–Crippen LogP) is 1.61. The summed E-state index contributed by atoms with van der Waals surface area (Å²) >= 11 is 0. The monoisotopic (exact) mass is 361 g/mol. The number of hydrogen-bond acceptors (Lipinski definition) is 5. The molecule has 2 aromatic rings. The Morgan fingerprint density at radius 2 is 2.16 bits per heavy atom. The van der Waals surface area contributed by atoms with E-state index in [9.17, 15) is 13.2 Å². The summed E-state index contributed by atoms with van der Waals surface area (Å²) in [7, 11) is -3.73. The number of pyridine rings is 1. The van der Waals surface area contributed by atoms with Crippen molar-refractivity contribution in [3.05, 3.63) is 47.8 Å². The van der Waals surface area contributed by atoms with Crippen molar-refractivity contribution in [3.63, 3.8) is 0 Å². The van der Waals surface area contributed by atoms with E-state index in [0.29, 0.717) is 35.8 Å². The number of nitrogens with zero attached hydrogens (tertiary/aromatic N) is 2. The van der Waals surface area contributed by atoms with Crippen LogP contribution in [-0.2, 0) is 21.4 Å². The number of amides is 1. The molecule has 2 heterocycles. The number of rotatable bonds is 4. The van der Waals surface area contributed by atoms with E-state index in [1.54, 1.807) is 42.3 Å². The van der Waals surface area contributed by atoms with Crippen molar-refractivity contribution in [1.82, 2.24) is 9.71 Å². The number of aryl methyl sites for hydroxylation is 1. The number of hydrogen-bond donors (Lipinski definition) is 1. The smallest absolute Gasteiger partial charge is 0.241 e. The van der Waals surface area contributed by atoms with Crippen LogP contribution in [0.4, 0.5) is 5.69 Å². The molecule has 1 aliphatic rings. The molecule has 1 N–H and O–H groups in total. The van der Waals surface area contributed by atoms with Gasteiger partial charge >= 0.3 is 0 Å². The van der Waals surface area contributed by atoms with E-state index in [-0.39, 0.29) is 17.3 Å². The van der Waals surface area contributed by atoms with Crippen LogP contribution in [0.5, 0.6) is 5.75 Å². The third kappa shape index (κ3) is 3.64. The highest BCUT2D eigenvalue weighted by molar-refractivity contribution is 7.89. The molecule has 0 atom stereocenters. The molecule has 7 nitrogen and oxygen atoms in total. The Hall–Kier alpha value is -2.45. The van der Waals surface area contributed by atoms with Gasteiger partial charge in [0.05, 0.1) is 29.4 Å². The maximum absolute atomic E-state index is 12.7. The van der Waals surface area contributed by atoms with Crippen molar-refractivity contribution in [2.75, 3.05) is 18.1 Å². The van der Waals surface area contributed by atoms with Crippen LogP contribution in [0.15, 0.2) is 41.4 Å². The number of ether oxygens (including phenoxy) is 1. The molecule has 1 amide bonds. The topological polar surface area (TPSA) is 88.6 Å². The van der Waals surface area contributed by atoms with Gasteiger partial charge in [-0.25, -0.2) is 13.1 Å². The van der Waals surface area contributed by atoms with Crippen molar-refractivity contribution in [2.45, 2.75) is 25.3 Å². The number of carbonyl (C=O) groups excluding carboxylic acids is 1. The Balaban J connectivity index is 1.90. The summed E-state index contributed by atoms with van der Waals surface area (Å²) < 4.78 is 33.4. The second-order valence-electron chi connectivity index (χ2n) is 5.75. The normalized spacial score (nSPS) is 13.9. The van der Waals surface area contributed by atoms with Crippen molar-refractivity contribution < 1.29 is 17.9 Å². The maximum Gasteiger partial charge on any atom is 0.241 e. The molecule has 1 aromatic carbocycles. The molecule has 0 spiro atoms. The number of fused-ring (bicyclic) bond motifs is 1. The first-order valence-electron chi connectivity index (χ1n) is 7.83. The fourth-order valence-corrected chi connectivity index (χ4v) is 3.95. The molecule has 0 fully saturated rings. The average molecular weight is 361 g/mol. The molecule has 0 unspecified atom stereocenters. The first-order valence-corrected chi connectivity index (χ1v) is 9.32. The van der Waals surface area contributed by atoms with Crippen LogP contribution in [-0.4, -0.2) is 32.5 Å². The summed E-state index contributed by atoms with van der Waals surface area (Å²) in [6.07, 6.45) is 1.61. The third-order valence-corrected chi connectivity index (χ3v) is 5.50. The van der Waals surface area contributed by atoms with Crippen molar-refractivity contribution in [1.29, 1.82) is 0 Å². The van der Waals surface area contributed by atoms with E-state index >= 15 is 0 Å². The van der Waals surface area contributed by atoms with Gasteiger partial charge < -0.3 is 9.64 Å². The quantitative estimate of drug-likeness (QED) is 0.894. The van der Waals surface area contributed by atoms with Crippen LogP contribution < -0.4 is 14.4 Å². The van der Waals surface area contributed by atoms with Crippen molar-refractivity contribution >= 4 is 21.6 Å². The van der Waals surface area contributed by atoms with Gasteiger partial charge in [0.15, 0.2) is 0 Å². The number of carbonyl (C=O) groups is 1. The van der Waals surface area contributed by atoms with Gasteiger partial charge in [-0.2, -0.15) is 0 Å². The summed E-state index contributed by atoms with van der Waals surface area (Å²) in [5.41, 5.74) is 1.77. The molecule has 1 aromatic heterocycles. The standard InChI is InChI=1S/C17H19N3O4S/c1-12-9-15-16(24-8-7-20(15)13(2)21)10-17(12)25(22,23)19-11-14-5-3-4-6-18-14/h3-6,9-10,19H,7-8,11H2,1-2H3. The second-order valence-corrected chi connectivity index (χ2v) is 7.49. The van der Waals surface area contributed by atoms with Crippen LogP contribution >= 0.6 is 0 Å². The zero-order chi connectivity index (χ0) is 18.0. The van der Waals surface area contributed by atoms with Gasteiger partial charge in [0.25, 0.3) is 0 Å². The first kappa shape index (κ1) is 17.4.